The van der Waals surface area contributed by atoms with Crippen molar-refractivity contribution in [2.75, 3.05) is 0 Å². The summed E-state index contributed by atoms with van der Waals surface area (Å²) in [4.78, 5) is 8.25. The molecule has 2 rings (SSSR count). The van der Waals surface area contributed by atoms with E-state index in [1.807, 2.05) is 18.5 Å². The fraction of sp³-hybridized carbons (Fsp3) is 0.417. The first-order valence-corrected chi connectivity index (χ1v) is 6.07. The molecule has 0 spiro atoms. The Hall–Kier alpha value is -1.86. The highest BCUT2D eigenvalue weighted by atomic mass is 19.1. The highest BCUT2D eigenvalue weighted by Gasteiger charge is 2.17. The Bertz CT molecular complexity index is 521. The minimum Gasteiger partial charge on any atom is -0.271 e. The van der Waals surface area contributed by atoms with Crippen LogP contribution in [0.4, 0.5) is 4.39 Å². The van der Waals surface area contributed by atoms with E-state index in [9.17, 15) is 4.39 Å². The molecular weight excluding hydrogens is 247 g/mol. The van der Waals surface area contributed by atoms with Crippen molar-refractivity contribution in [1.82, 2.24) is 25.2 Å². The molecule has 1 unspecified atom stereocenters. The van der Waals surface area contributed by atoms with Crippen LogP contribution in [0.2, 0.25) is 0 Å². The molecule has 0 bridgehead atoms. The second kappa shape index (κ2) is 5.85. The van der Waals surface area contributed by atoms with Gasteiger partial charge in [0.2, 0.25) is 0 Å². The van der Waals surface area contributed by atoms with Crippen molar-refractivity contribution >= 4 is 0 Å². The molecule has 0 aromatic carbocycles. The Morgan fingerprint density at radius 1 is 1.37 bits per heavy atom. The van der Waals surface area contributed by atoms with E-state index in [1.165, 1.54) is 18.6 Å². The lowest BCUT2D eigenvalue weighted by atomic mass is 10.1. The monoisotopic (exact) mass is 264 g/mol. The number of nitrogens with zero attached hydrogens (tertiary/aromatic N) is 4. The third kappa shape index (κ3) is 3.12. The van der Waals surface area contributed by atoms with Crippen LogP contribution < -0.4 is 11.3 Å². The van der Waals surface area contributed by atoms with Crippen molar-refractivity contribution in [2.24, 2.45) is 5.84 Å². The van der Waals surface area contributed by atoms with Crippen molar-refractivity contribution in [3.8, 4) is 0 Å². The summed E-state index contributed by atoms with van der Waals surface area (Å²) in [6.07, 6.45) is 3.22. The summed E-state index contributed by atoms with van der Waals surface area (Å²) in [6, 6.07) is 2.95. The quantitative estimate of drug-likeness (QED) is 0.625. The second-order valence-electron chi connectivity index (χ2n) is 4.54. The summed E-state index contributed by atoms with van der Waals surface area (Å²) < 4.78 is 14.7. The van der Waals surface area contributed by atoms with Gasteiger partial charge in [-0.15, -0.1) is 0 Å². The van der Waals surface area contributed by atoms with Gasteiger partial charge in [-0.3, -0.25) is 16.3 Å². The van der Waals surface area contributed by atoms with E-state index in [1.54, 1.807) is 6.07 Å². The standard InChI is InChI=1S/C12H17FN6/c1-8(2)19-12(16-7-17-19)5-11(18-14)10-4-3-9(13)6-15-10/h3-4,6-8,11,18H,5,14H2,1-2H3. The van der Waals surface area contributed by atoms with Crippen molar-refractivity contribution in [3.63, 3.8) is 0 Å². The van der Waals surface area contributed by atoms with Gasteiger partial charge in [0.05, 0.1) is 17.9 Å². The van der Waals surface area contributed by atoms with Gasteiger partial charge in [-0.25, -0.2) is 14.1 Å². The smallest absolute Gasteiger partial charge is 0.141 e. The summed E-state index contributed by atoms with van der Waals surface area (Å²) in [5, 5.41) is 4.17. The first-order chi connectivity index (χ1) is 9.11. The minimum atomic E-state index is -0.370. The van der Waals surface area contributed by atoms with Crippen LogP contribution in [-0.2, 0) is 6.42 Å². The zero-order chi connectivity index (χ0) is 13.8. The van der Waals surface area contributed by atoms with Crippen molar-refractivity contribution in [1.29, 1.82) is 0 Å². The predicted molar refractivity (Wildman–Crippen MR) is 68.4 cm³/mol. The molecule has 2 heterocycles. The number of nitrogens with one attached hydrogen (secondary N) is 1. The highest BCUT2D eigenvalue weighted by molar-refractivity contribution is 5.11. The molecule has 0 aliphatic heterocycles. The molecular formula is C12H17FN6. The first kappa shape index (κ1) is 13.6. The highest BCUT2D eigenvalue weighted by Crippen LogP contribution is 2.16. The van der Waals surface area contributed by atoms with E-state index in [0.717, 1.165) is 5.82 Å². The summed E-state index contributed by atoms with van der Waals surface area (Å²) >= 11 is 0. The topological polar surface area (TPSA) is 81.7 Å². The molecule has 0 saturated carbocycles. The molecule has 0 saturated heterocycles. The molecule has 3 N–H and O–H groups in total. The van der Waals surface area contributed by atoms with Gasteiger partial charge in [-0.05, 0) is 26.0 Å². The van der Waals surface area contributed by atoms with Crippen LogP contribution in [0.15, 0.2) is 24.7 Å². The molecule has 0 aliphatic rings. The van der Waals surface area contributed by atoms with Crippen LogP contribution in [0.25, 0.3) is 0 Å². The lowest BCUT2D eigenvalue weighted by Gasteiger charge is -2.16. The zero-order valence-corrected chi connectivity index (χ0v) is 10.9. The Labute approximate surface area is 110 Å². The Balaban J connectivity index is 2.19. The largest absolute Gasteiger partial charge is 0.271 e. The van der Waals surface area contributed by atoms with Crippen LogP contribution in [-0.4, -0.2) is 19.7 Å². The number of hydrogen-bond acceptors (Lipinski definition) is 5. The second-order valence-corrected chi connectivity index (χ2v) is 4.54. The van der Waals surface area contributed by atoms with Crippen LogP contribution in [0, 0.1) is 5.82 Å². The van der Waals surface area contributed by atoms with E-state index >= 15 is 0 Å². The summed E-state index contributed by atoms with van der Waals surface area (Å²) in [6.45, 7) is 4.05. The van der Waals surface area contributed by atoms with Gasteiger partial charge >= 0.3 is 0 Å². The van der Waals surface area contributed by atoms with E-state index in [2.05, 4.69) is 20.5 Å². The molecule has 0 aliphatic carbocycles. The number of hydrogen-bond donors (Lipinski definition) is 2. The molecule has 6 nitrogen and oxygen atoms in total. The van der Waals surface area contributed by atoms with Gasteiger partial charge in [0.1, 0.15) is 18.0 Å². The fourth-order valence-electron chi connectivity index (χ4n) is 1.88. The molecule has 2 aromatic rings. The summed E-state index contributed by atoms with van der Waals surface area (Å²) in [5.74, 6) is 5.98. The Morgan fingerprint density at radius 3 is 2.74 bits per heavy atom. The molecule has 1 atom stereocenters. The van der Waals surface area contributed by atoms with Gasteiger partial charge < -0.3 is 0 Å². The Morgan fingerprint density at radius 2 is 2.16 bits per heavy atom. The maximum atomic E-state index is 12.9. The van der Waals surface area contributed by atoms with E-state index < -0.39 is 0 Å². The maximum Gasteiger partial charge on any atom is 0.141 e. The molecule has 0 fully saturated rings. The molecule has 2 aromatic heterocycles. The van der Waals surface area contributed by atoms with Crippen LogP contribution in [0.5, 0.6) is 0 Å². The van der Waals surface area contributed by atoms with Crippen molar-refractivity contribution < 1.29 is 4.39 Å². The molecule has 102 valence electrons. The van der Waals surface area contributed by atoms with Crippen molar-refractivity contribution in [3.05, 3.63) is 42.0 Å². The van der Waals surface area contributed by atoms with Crippen LogP contribution >= 0.6 is 0 Å². The zero-order valence-electron chi connectivity index (χ0n) is 10.9. The lowest BCUT2D eigenvalue weighted by Crippen LogP contribution is -2.31. The third-order valence-corrected chi connectivity index (χ3v) is 2.83. The van der Waals surface area contributed by atoms with Gasteiger partial charge in [0.25, 0.3) is 0 Å². The predicted octanol–water partition coefficient (Wildman–Crippen LogP) is 1.14. The fourth-order valence-corrected chi connectivity index (χ4v) is 1.88. The SMILES string of the molecule is CC(C)n1ncnc1CC(NN)c1ccc(F)cn1. The number of hydrazine groups is 1. The van der Waals surface area contributed by atoms with Gasteiger partial charge in [-0.2, -0.15) is 5.10 Å². The lowest BCUT2D eigenvalue weighted by molar-refractivity contribution is 0.463. The van der Waals surface area contributed by atoms with Gasteiger partial charge in [0, 0.05) is 12.5 Å². The van der Waals surface area contributed by atoms with E-state index in [0.29, 0.717) is 12.1 Å². The average molecular weight is 264 g/mol. The summed E-state index contributed by atoms with van der Waals surface area (Å²) in [5.41, 5.74) is 3.34. The van der Waals surface area contributed by atoms with Crippen LogP contribution in [0.3, 0.4) is 0 Å². The van der Waals surface area contributed by atoms with Crippen molar-refractivity contribution in [2.45, 2.75) is 32.4 Å². The number of rotatable bonds is 5. The first-order valence-electron chi connectivity index (χ1n) is 6.07. The van der Waals surface area contributed by atoms with E-state index in [4.69, 9.17) is 5.84 Å². The number of aromatic nitrogens is 4. The molecule has 0 amide bonds. The molecule has 0 radical (unpaired) electrons. The Kier molecular flexibility index (Phi) is 4.18. The third-order valence-electron chi connectivity index (χ3n) is 2.83. The maximum absolute atomic E-state index is 12.9. The number of halogens is 1. The summed E-state index contributed by atoms with van der Waals surface area (Å²) in [7, 11) is 0. The number of pyridine rings is 1. The number of nitrogens with two attached hydrogens (primary N) is 1. The van der Waals surface area contributed by atoms with Crippen LogP contribution in [0.1, 0.15) is 37.4 Å². The average Bonchev–Trinajstić information content (AvgIpc) is 2.85. The van der Waals surface area contributed by atoms with E-state index in [-0.39, 0.29) is 17.9 Å². The normalized spacial score (nSPS) is 12.9. The minimum absolute atomic E-state index is 0.220. The van der Waals surface area contributed by atoms with Gasteiger partial charge in [0.15, 0.2) is 0 Å². The molecule has 19 heavy (non-hydrogen) atoms. The molecule has 7 heteroatoms. The van der Waals surface area contributed by atoms with Gasteiger partial charge in [-0.1, -0.05) is 0 Å².